The number of nitro groups is 1. The fourth-order valence-corrected chi connectivity index (χ4v) is 1.66. The molecule has 0 aliphatic rings. The Morgan fingerprint density at radius 1 is 1.45 bits per heavy atom. The molecule has 0 unspecified atom stereocenters. The molecule has 114 valence electrons. The van der Waals surface area contributed by atoms with Crippen molar-refractivity contribution in [2.24, 2.45) is 5.10 Å². The van der Waals surface area contributed by atoms with Crippen molar-refractivity contribution in [2.45, 2.75) is 6.92 Å². The zero-order valence-electron chi connectivity index (χ0n) is 11.7. The fraction of sp³-hybridized carbons (Fsp3) is 0.143. The molecule has 0 fully saturated rings. The van der Waals surface area contributed by atoms with Crippen LogP contribution in [0.2, 0.25) is 0 Å². The van der Waals surface area contributed by atoms with Crippen molar-refractivity contribution in [2.75, 3.05) is 6.61 Å². The maximum absolute atomic E-state index is 11.0. The number of benzene rings is 1. The second-order valence-corrected chi connectivity index (χ2v) is 4.10. The van der Waals surface area contributed by atoms with Crippen LogP contribution < -0.4 is 5.43 Å². The molecule has 0 bridgehead atoms. The molecule has 2 aromatic rings. The number of nitro benzene ring substituents is 1. The Balaban J connectivity index is 2.08. The molecule has 8 heteroatoms. The van der Waals surface area contributed by atoms with Gasteiger partial charge in [0.2, 0.25) is 0 Å². The van der Waals surface area contributed by atoms with Crippen LogP contribution in [-0.2, 0) is 4.74 Å². The number of carbonyl (C=O) groups is 1. The first kappa shape index (κ1) is 15.2. The van der Waals surface area contributed by atoms with Gasteiger partial charge in [0.05, 0.1) is 17.7 Å². The van der Waals surface area contributed by atoms with E-state index in [-0.39, 0.29) is 12.3 Å². The summed E-state index contributed by atoms with van der Waals surface area (Å²) >= 11 is 0. The minimum atomic E-state index is -0.663. The standard InChI is InChI=1S/C14H13N3O5/c1-2-21-14(18)16-15-9-12-6-7-13(22-12)10-4-3-5-11(8-10)17(19)20/h3-9H,2H2,1H3,(H,16,18)/b15-9+. The summed E-state index contributed by atoms with van der Waals surface area (Å²) in [5, 5.41) is 14.4. The SMILES string of the molecule is CCOC(=O)N/N=C/c1ccc(-c2cccc([N+](=O)[O-])c2)o1. The van der Waals surface area contributed by atoms with Crippen LogP contribution in [0, 0.1) is 10.1 Å². The third-order valence-electron chi connectivity index (χ3n) is 2.59. The summed E-state index contributed by atoms with van der Waals surface area (Å²) in [7, 11) is 0. The van der Waals surface area contributed by atoms with Gasteiger partial charge in [0, 0.05) is 17.7 Å². The smallest absolute Gasteiger partial charge is 0.427 e. The third kappa shape index (κ3) is 3.92. The summed E-state index contributed by atoms with van der Waals surface area (Å²) in [5.41, 5.74) is 2.72. The van der Waals surface area contributed by atoms with Gasteiger partial charge in [-0.1, -0.05) is 12.1 Å². The van der Waals surface area contributed by atoms with E-state index in [2.05, 4.69) is 15.3 Å². The molecule has 1 amide bonds. The van der Waals surface area contributed by atoms with Crippen molar-refractivity contribution in [3.8, 4) is 11.3 Å². The number of nitrogens with zero attached hydrogens (tertiary/aromatic N) is 2. The molecule has 0 aliphatic carbocycles. The Kier molecular flexibility index (Phi) is 4.86. The predicted octanol–water partition coefficient (Wildman–Crippen LogP) is 2.93. The average Bonchev–Trinajstić information content (AvgIpc) is 2.96. The highest BCUT2D eigenvalue weighted by atomic mass is 16.6. The highest BCUT2D eigenvalue weighted by Gasteiger charge is 2.09. The summed E-state index contributed by atoms with van der Waals surface area (Å²) in [5.74, 6) is 0.847. The molecule has 0 atom stereocenters. The average molecular weight is 303 g/mol. The quantitative estimate of drug-likeness (QED) is 0.519. The van der Waals surface area contributed by atoms with E-state index in [9.17, 15) is 14.9 Å². The molecule has 1 N–H and O–H groups in total. The van der Waals surface area contributed by atoms with Gasteiger partial charge in [-0.05, 0) is 19.1 Å². The van der Waals surface area contributed by atoms with Crippen molar-refractivity contribution in [3.63, 3.8) is 0 Å². The summed E-state index contributed by atoms with van der Waals surface area (Å²) in [6.07, 6.45) is 0.641. The minimum Gasteiger partial charge on any atom is -0.455 e. The molecule has 0 saturated carbocycles. The van der Waals surface area contributed by atoms with Crippen molar-refractivity contribution in [1.29, 1.82) is 0 Å². The van der Waals surface area contributed by atoms with Crippen molar-refractivity contribution in [1.82, 2.24) is 5.43 Å². The number of hydrogen-bond acceptors (Lipinski definition) is 6. The summed E-state index contributed by atoms with van der Waals surface area (Å²) in [6, 6.07) is 9.37. The highest BCUT2D eigenvalue weighted by molar-refractivity contribution is 5.79. The zero-order valence-corrected chi connectivity index (χ0v) is 11.7. The second kappa shape index (κ2) is 7.02. The van der Waals surface area contributed by atoms with E-state index < -0.39 is 11.0 Å². The fourth-order valence-electron chi connectivity index (χ4n) is 1.66. The zero-order chi connectivity index (χ0) is 15.9. The number of carbonyl (C=O) groups excluding carboxylic acids is 1. The van der Waals surface area contributed by atoms with Gasteiger partial charge in [-0.2, -0.15) is 5.10 Å². The Bertz CT molecular complexity index is 708. The largest absolute Gasteiger partial charge is 0.455 e. The third-order valence-corrected chi connectivity index (χ3v) is 2.59. The van der Waals surface area contributed by atoms with Crippen LogP contribution in [0.25, 0.3) is 11.3 Å². The Morgan fingerprint density at radius 2 is 2.27 bits per heavy atom. The second-order valence-electron chi connectivity index (χ2n) is 4.10. The molecular weight excluding hydrogens is 290 g/mol. The van der Waals surface area contributed by atoms with Crippen LogP contribution in [0.5, 0.6) is 0 Å². The number of furan rings is 1. The van der Waals surface area contributed by atoms with Gasteiger partial charge < -0.3 is 9.15 Å². The number of non-ortho nitro benzene ring substituents is 1. The lowest BCUT2D eigenvalue weighted by Gasteiger charge is -1.98. The van der Waals surface area contributed by atoms with E-state index in [0.29, 0.717) is 17.1 Å². The van der Waals surface area contributed by atoms with Crippen molar-refractivity contribution >= 4 is 18.0 Å². The number of nitrogens with one attached hydrogen (secondary N) is 1. The van der Waals surface area contributed by atoms with Crippen molar-refractivity contribution < 1.29 is 18.9 Å². The van der Waals surface area contributed by atoms with Crippen LogP contribution in [0.4, 0.5) is 10.5 Å². The first-order chi connectivity index (χ1) is 10.6. The summed E-state index contributed by atoms with van der Waals surface area (Å²) in [4.78, 5) is 21.3. The van der Waals surface area contributed by atoms with Crippen LogP contribution in [-0.4, -0.2) is 23.8 Å². The van der Waals surface area contributed by atoms with Gasteiger partial charge in [-0.3, -0.25) is 10.1 Å². The normalized spacial score (nSPS) is 10.6. The Labute approximate surface area is 125 Å². The van der Waals surface area contributed by atoms with E-state index in [1.54, 1.807) is 31.2 Å². The molecule has 1 aromatic carbocycles. The van der Waals surface area contributed by atoms with Crippen LogP contribution in [0.15, 0.2) is 45.9 Å². The first-order valence-electron chi connectivity index (χ1n) is 6.40. The van der Waals surface area contributed by atoms with Gasteiger partial charge in [0.25, 0.3) is 5.69 Å². The van der Waals surface area contributed by atoms with E-state index in [0.717, 1.165) is 0 Å². The predicted molar refractivity (Wildman–Crippen MR) is 78.6 cm³/mol. The molecule has 0 radical (unpaired) electrons. The molecule has 0 spiro atoms. The van der Waals surface area contributed by atoms with Gasteiger partial charge in [-0.25, -0.2) is 10.2 Å². The number of rotatable bonds is 5. The summed E-state index contributed by atoms with van der Waals surface area (Å²) in [6.45, 7) is 1.93. The van der Waals surface area contributed by atoms with Gasteiger partial charge in [0.15, 0.2) is 0 Å². The Hall–Kier alpha value is -3.16. The lowest BCUT2D eigenvalue weighted by atomic mass is 10.1. The van der Waals surface area contributed by atoms with Crippen LogP contribution >= 0.6 is 0 Å². The maximum Gasteiger partial charge on any atom is 0.427 e. The van der Waals surface area contributed by atoms with E-state index in [1.807, 2.05) is 0 Å². The molecule has 8 nitrogen and oxygen atoms in total. The number of hydrogen-bond donors (Lipinski definition) is 1. The molecule has 1 aromatic heterocycles. The molecular formula is C14H13N3O5. The van der Waals surface area contributed by atoms with Crippen molar-refractivity contribution in [3.05, 3.63) is 52.3 Å². The lowest BCUT2D eigenvalue weighted by molar-refractivity contribution is -0.384. The monoisotopic (exact) mass is 303 g/mol. The molecule has 0 saturated heterocycles. The number of hydrazone groups is 1. The molecule has 22 heavy (non-hydrogen) atoms. The van der Waals surface area contributed by atoms with Gasteiger partial charge >= 0.3 is 6.09 Å². The topological polar surface area (TPSA) is 107 Å². The minimum absolute atomic E-state index is 0.0203. The molecule has 1 heterocycles. The first-order valence-corrected chi connectivity index (χ1v) is 6.40. The van der Waals surface area contributed by atoms with Crippen LogP contribution in [0.1, 0.15) is 12.7 Å². The highest BCUT2D eigenvalue weighted by Crippen LogP contribution is 2.25. The summed E-state index contributed by atoms with van der Waals surface area (Å²) < 4.78 is 10.1. The van der Waals surface area contributed by atoms with Gasteiger partial charge in [0.1, 0.15) is 11.5 Å². The maximum atomic E-state index is 11.0. The lowest BCUT2D eigenvalue weighted by Crippen LogP contribution is -2.18. The number of amides is 1. The van der Waals surface area contributed by atoms with E-state index >= 15 is 0 Å². The van der Waals surface area contributed by atoms with Crippen LogP contribution in [0.3, 0.4) is 0 Å². The van der Waals surface area contributed by atoms with Gasteiger partial charge in [-0.15, -0.1) is 0 Å². The molecule has 2 rings (SSSR count). The molecule has 0 aliphatic heterocycles. The van der Waals surface area contributed by atoms with E-state index in [4.69, 9.17) is 4.42 Å². The van der Waals surface area contributed by atoms with E-state index in [1.165, 1.54) is 18.3 Å². The Morgan fingerprint density at radius 3 is 3.00 bits per heavy atom. The number of ether oxygens (including phenoxy) is 1.